The third kappa shape index (κ3) is 3.38. The number of amides is 1. The predicted molar refractivity (Wildman–Crippen MR) is 85.4 cm³/mol. The van der Waals surface area contributed by atoms with Crippen LogP contribution in [0.25, 0.3) is 11.0 Å². The molecule has 0 aliphatic heterocycles. The first-order chi connectivity index (χ1) is 9.92. The monoisotopic (exact) mass is 285 g/mol. The lowest BCUT2D eigenvalue weighted by Crippen LogP contribution is -2.37. The minimum absolute atomic E-state index is 0.0440. The Bertz CT molecular complexity index is 664. The molecule has 0 spiro atoms. The Labute approximate surface area is 126 Å². The molecule has 2 aromatic rings. The maximum absolute atomic E-state index is 12.4. The van der Waals surface area contributed by atoms with Crippen molar-refractivity contribution in [3.05, 3.63) is 35.2 Å². The highest BCUT2D eigenvalue weighted by atomic mass is 16.1. The van der Waals surface area contributed by atoms with E-state index in [9.17, 15) is 4.79 Å². The molecule has 0 unspecified atom stereocenters. The average molecular weight is 285 g/mol. The molecule has 1 aromatic carbocycles. The van der Waals surface area contributed by atoms with E-state index >= 15 is 0 Å². The van der Waals surface area contributed by atoms with Crippen molar-refractivity contribution in [3.8, 4) is 0 Å². The van der Waals surface area contributed by atoms with Crippen molar-refractivity contribution in [1.82, 2.24) is 15.3 Å². The third-order valence-corrected chi connectivity index (χ3v) is 3.90. The second-order valence-electron chi connectivity index (χ2n) is 5.83. The number of rotatable bonds is 4. The van der Waals surface area contributed by atoms with Crippen LogP contribution in [-0.4, -0.2) is 21.9 Å². The fourth-order valence-electron chi connectivity index (χ4n) is 2.36. The zero-order valence-corrected chi connectivity index (χ0v) is 13.4. The summed E-state index contributed by atoms with van der Waals surface area (Å²) in [7, 11) is 0. The summed E-state index contributed by atoms with van der Waals surface area (Å²) in [6, 6.07) is 5.68. The highest BCUT2D eigenvalue weighted by Gasteiger charge is 2.16. The molecule has 0 bridgehead atoms. The largest absolute Gasteiger partial charge is 0.349 e. The topological polar surface area (TPSA) is 54.9 Å². The number of hydrogen-bond donors (Lipinski definition) is 1. The minimum Gasteiger partial charge on any atom is -0.349 e. The quantitative estimate of drug-likeness (QED) is 0.936. The summed E-state index contributed by atoms with van der Waals surface area (Å²) >= 11 is 0. The fraction of sp³-hybridized carbons (Fsp3) is 0.471. The van der Waals surface area contributed by atoms with E-state index in [0.29, 0.717) is 11.5 Å². The third-order valence-electron chi connectivity index (χ3n) is 3.90. The summed E-state index contributed by atoms with van der Waals surface area (Å²) in [5.74, 6) is 0.376. The molecule has 1 amide bonds. The van der Waals surface area contributed by atoms with Crippen LogP contribution in [0.3, 0.4) is 0 Å². The first-order valence-corrected chi connectivity index (χ1v) is 7.48. The van der Waals surface area contributed by atoms with Crippen molar-refractivity contribution in [2.24, 2.45) is 5.92 Å². The van der Waals surface area contributed by atoms with E-state index in [-0.39, 0.29) is 11.9 Å². The van der Waals surface area contributed by atoms with E-state index in [4.69, 9.17) is 0 Å². The van der Waals surface area contributed by atoms with Crippen LogP contribution < -0.4 is 5.32 Å². The summed E-state index contributed by atoms with van der Waals surface area (Å²) < 4.78 is 0. The molecule has 112 valence electrons. The van der Waals surface area contributed by atoms with E-state index in [0.717, 1.165) is 28.8 Å². The number of fused-ring (bicyclic) bond motifs is 1. The van der Waals surface area contributed by atoms with Crippen LogP contribution in [0.15, 0.2) is 18.2 Å². The molecule has 0 fully saturated rings. The maximum atomic E-state index is 12.4. The molecular formula is C17H23N3O. The normalized spacial score (nSPS) is 12.7. The summed E-state index contributed by atoms with van der Waals surface area (Å²) in [5, 5.41) is 3.09. The lowest BCUT2D eigenvalue weighted by atomic mass is 10.0. The number of benzene rings is 1. The smallest absolute Gasteiger partial charge is 0.251 e. The van der Waals surface area contributed by atoms with Gasteiger partial charge in [-0.2, -0.15) is 0 Å². The zero-order valence-electron chi connectivity index (χ0n) is 13.4. The second-order valence-corrected chi connectivity index (χ2v) is 5.83. The van der Waals surface area contributed by atoms with Gasteiger partial charge in [-0.05, 0) is 44.4 Å². The van der Waals surface area contributed by atoms with Gasteiger partial charge in [0.15, 0.2) is 0 Å². The van der Waals surface area contributed by atoms with Gasteiger partial charge in [-0.15, -0.1) is 0 Å². The van der Waals surface area contributed by atoms with Gasteiger partial charge in [0.1, 0.15) is 0 Å². The molecular weight excluding hydrogens is 262 g/mol. The Kier molecular flexibility index (Phi) is 4.56. The van der Waals surface area contributed by atoms with Gasteiger partial charge >= 0.3 is 0 Å². The zero-order chi connectivity index (χ0) is 15.6. The summed E-state index contributed by atoms with van der Waals surface area (Å²) in [6.45, 7) is 10.2. The Morgan fingerprint density at radius 1 is 1.14 bits per heavy atom. The van der Waals surface area contributed by atoms with Crippen LogP contribution in [0, 0.1) is 19.8 Å². The number of aromatic nitrogens is 2. The number of carbonyl (C=O) groups excluding carboxylic acids is 1. The second kappa shape index (κ2) is 6.20. The molecule has 2 rings (SSSR count). The molecule has 1 N–H and O–H groups in total. The maximum Gasteiger partial charge on any atom is 0.251 e. The Morgan fingerprint density at radius 2 is 1.76 bits per heavy atom. The van der Waals surface area contributed by atoms with Gasteiger partial charge < -0.3 is 5.32 Å². The highest BCUT2D eigenvalue weighted by Crippen LogP contribution is 2.15. The number of hydrogen-bond acceptors (Lipinski definition) is 3. The Morgan fingerprint density at radius 3 is 2.33 bits per heavy atom. The highest BCUT2D eigenvalue weighted by molar-refractivity contribution is 5.97. The van der Waals surface area contributed by atoms with Crippen molar-refractivity contribution in [1.29, 1.82) is 0 Å². The molecule has 4 heteroatoms. The van der Waals surface area contributed by atoms with E-state index in [1.54, 1.807) is 0 Å². The molecule has 1 heterocycles. The van der Waals surface area contributed by atoms with Crippen molar-refractivity contribution in [2.75, 3.05) is 0 Å². The SMILES string of the molecule is CC[C@H](NC(=O)c1ccc2nc(C)c(C)nc2c1)C(C)C. The van der Waals surface area contributed by atoms with Crippen molar-refractivity contribution < 1.29 is 4.79 Å². The predicted octanol–water partition coefficient (Wildman–Crippen LogP) is 3.41. The fourth-order valence-corrected chi connectivity index (χ4v) is 2.36. The van der Waals surface area contributed by atoms with Crippen molar-refractivity contribution >= 4 is 16.9 Å². The molecule has 0 aliphatic carbocycles. The van der Waals surface area contributed by atoms with Gasteiger partial charge in [-0.25, -0.2) is 9.97 Å². The summed E-state index contributed by atoms with van der Waals surface area (Å²) in [5.41, 5.74) is 4.05. The molecule has 0 aliphatic rings. The molecule has 4 nitrogen and oxygen atoms in total. The number of nitrogens with one attached hydrogen (secondary N) is 1. The molecule has 0 radical (unpaired) electrons. The van der Waals surface area contributed by atoms with Gasteiger partial charge in [0.05, 0.1) is 22.4 Å². The lowest BCUT2D eigenvalue weighted by Gasteiger charge is -2.20. The van der Waals surface area contributed by atoms with Crippen LogP contribution in [0.2, 0.25) is 0 Å². The van der Waals surface area contributed by atoms with Gasteiger partial charge in [-0.3, -0.25) is 4.79 Å². The van der Waals surface area contributed by atoms with Crippen LogP contribution in [-0.2, 0) is 0 Å². The number of nitrogens with zero attached hydrogens (tertiary/aromatic N) is 2. The first kappa shape index (κ1) is 15.4. The Hall–Kier alpha value is -1.97. The van der Waals surface area contributed by atoms with Crippen LogP contribution >= 0.6 is 0 Å². The van der Waals surface area contributed by atoms with Gasteiger partial charge in [0.25, 0.3) is 5.91 Å². The van der Waals surface area contributed by atoms with E-state index in [2.05, 4.69) is 36.1 Å². The standard InChI is InChI=1S/C17H23N3O/c1-6-14(10(2)3)20-17(21)13-7-8-15-16(9-13)19-12(5)11(4)18-15/h7-10,14H,6H2,1-5H3,(H,20,21)/t14-/m0/s1. The molecule has 0 saturated carbocycles. The number of aryl methyl sites for hydroxylation is 2. The first-order valence-electron chi connectivity index (χ1n) is 7.48. The van der Waals surface area contributed by atoms with Gasteiger partial charge in [-0.1, -0.05) is 20.8 Å². The van der Waals surface area contributed by atoms with Crippen LogP contribution in [0.5, 0.6) is 0 Å². The van der Waals surface area contributed by atoms with Crippen LogP contribution in [0.4, 0.5) is 0 Å². The minimum atomic E-state index is -0.0440. The van der Waals surface area contributed by atoms with Crippen LogP contribution in [0.1, 0.15) is 48.9 Å². The average Bonchev–Trinajstić information content (AvgIpc) is 2.44. The van der Waals surface area contributed by atoms with Gasteiger partial charge in [0, 0.05) is 11.6 Å². The van der Waals surface area contributed by atoms with Gasteiger partial charge in [0.2, 0.25) is 0 Å². The summed E-state index contributed by atoms with van der Waals surface area (Å²) in [4.78, 5) is 21.4. The number of carbonyl (C=O) groups is 1. The van der Waals surface area contributed by atoms with E-state index in [1.165, 1.54) is 0 Å². The molecule has 21 heavy (non-hydrogen) atoms. The summed E-state index contributed by atoms with van der Waals surface area (Å²) in [6.07, 6.45) is 0.926. The van der Waals surface area contributed by atoms with E-state index in [1.807, 2.05) is 32.0 Å². The van der Waals surface area contributed by atoms with Crippen molar-refractivity contribution in [3.63, 3.8) is 0 Å². The Balaban J connectivity index is 2.30. The van der Waals surface area contributed by atoms with Crippen molar-refractivity contribution in [2.45, 2.75) is 47.1 Å². The molecule has 0 saturated heterocycles. The lowest BCUT2D eigenvalue weighted by molar-refractivity contribution is 0.0924. The molecule has 1 aromatic heterocycles. The molecule has 1 atom stereocenters. The van der Waals surface area contributed by atoms with E-state index < -0.39 is 0 Å².